The van der Waals surface area contributed by atoms with Gasteiger partial charge in [0.15, 0.2) is 5.69 Å². The zero-order chi connectivity index (χ0) is 14.7. The number of hydrogen-bond donors (Lipinski definition) is 2. The van der Waals surface area contributed by atoms with Gasteiger partial charge in [0.1, 0.15) is 0 Å². The van der Waals surface area contributed by atoms with Crippen molar-refractivity contribution in [3.63, 3.8) is 0 Å². The van der Waals surface area contributed by atoms with Gasteiger partial charge in [0.05, 0.1) is 5.52 Å². The van der Waals surface area contributed by atoms with Crippen LogP contribution >= 0.6 is 0 Å². The molecule has 112 valence electrons. The van der Waals surface area contributed by atoms with Crippen molar-refractivity contribution in [1.29, 1.82) is 0 Å². The van der Waals surface area contributed by atoms with Crippen molar-refractivity contribution in [2.45, 2.75) is 32.2 Å². The van der Waals surface area contributed by atoms with E-state index in [4.69, 9.17) is 0 Å². The Morgan fingerprint density at radius 1 is 1.33 bits per heavy atom. The number of hydrogen-bond acceptors (Lipinski definition) is 3. The highest BCUT2D eigenvalue weighted by Gasteiger charge is 2.19. The van der Waals surface area contributed by atoms with Crippen molar-refractivity contribution in [2.24, 2.45) is 0 Å². The van der Waals surface area contributed by atoms with E-state index in [1.54, 1.807) is 0 Å². The number of nitrogens with zero attached hydrogens (tertiary/aromatic N) is 2. The molecular formula is C16H22N4O. The lowest BCUT2D eigenvalue weighted by atomic mass is 10.1. The van der Waals surface area contributed by atoms with E-state index in [9.17, 15) is 4.79 Å². The summed E-state index contributed by atoms with van der Waals surface area (Å²) in [5.74, 6) is -0.101. The molecule has 21 heavy (non-hydrogen) atoms. The summed E-state index contributed by atoms with van der Waals surface area (Å²) in [5, 5.41) is 10.9. The monoisotopic (exact) mass is 286 g/mol. The fourth-order valence-electron chi connectivity index (χ4n) is 2.95. The average Bonchev–Trinajstić information content (AvgIpc) is 2.97. The highest BCUT2D eigenvalue weighted by molar-refractivity contribution is 6.04. The molecule has 0 spiro atoms. The van der Waals surface area contributed by atoms with Crippen LogP contribution in [0.25, 0.3) is 10.9 Å². The number of aromatic nitrogens is 2. The van der Waals surface area contributed by atoms with Gasteiger partial charge in [-0.05, 0) is 38.9 Å². The van der Waals surface area contributed by atoms with E-state index in [0.717, 1.165) is 24.0 Å². The molecule has 1 amide bonds. The zero-order valence-corrected chi connectivity index (χ0v) is 12.4. The van der Waals surface area contributed by atoms with Crippen LogP contribution in [0.15, 0.2) is 24.3 Å². The fourth-order valence-corrected chi connectivity index (χ4v) is 2.95. The summed E-state index contributed by atoms with van der Waals surface area (Å²) in [5.41, 5.74) is 1.38. The molecule has 0 bridgehead atoms. The first-order chi connectivity index (χ1) is 10.3. The molecule has 5 nitrogen and oxygen atoms in total. The molecule has 3 rings (SSSR count). The second-order valence-electron chi connectivity index (χ2n) is 5.77. The minimum absolute atomic E-state index is 0.101. The number of amides is 1. The van der Waals surface area contributed by atoms with Gasteiger partial charge in [-0.2, -0.15) is 5.10 Å². The lowest BCUT2D eigenvalue weighted by Gasteiger charge is -2.32. The lowest BCUT2D eigenvalue weighted by Crippen LogP contribution is -2.44. The van der Waals surface area contributed by atoms with Gasteiger partial charge in [-0.3, -0.25) is 14.8 Å². The Kier molecular flexibility index (Phi) is 4.20. The summed E-state index contributed by atoms with van der Waals surface area (Å²) >= 11 is 0. The van der Waals surface area contributed by atoms with Crippen LogP contribution < -0.4 is 5.32 Å². The number of para-hydroxylation sites is 1. The lowest BCUT2D eigenvalue weighted by molar-refractivity contribution is 0.0926. The second-order valence-corrected chi connectivity index (χ2v) is 5.77. The van der Waals surface area contributed by atoms with Crippen LogP contribution in [0.1, 0.15) is 36.7 Å². The third kappa shape index (κ3) is 3.08. The highest BCUT2D eigenvalue weighted by Crippen LogP contribution is 2.15. The summed E-state index contributed by atoms with van der Waals surface area (Å²) in [6, 6.07) is 8.07. The van der Waals surface area contributed by atoms with E-state index >= 15 is 0 Å². The number of benzene rings is 1. The number of fused-ring (bicyclic) bond motifs is 1. The molecule has 1 atom stereocenters. The van der Waals surface area contributed by atoms with Crippen molar-refractivity contribution < 1.29 is 4.79 Å². The summed E-state index contributed by atoms with van der Waals surface area (Å²) in [6.45, 7) is 5.12. The zero-order valence-electron chi connectivity index (χ0n) is 12.4. The molecule has 0 radical (unpaired) electrons. The molecule has 1 aromatic carbocycles. The van der Waals surface area contributed by atoms with Crippen molar-refractivity contribution in [1.82, 2.24) is 20.4 Å². The van der Waals surface area contributed by atoms with Gasteiger partial charge >= 0.3 is 0 Å². The molecule has 2 aromatic rings. The molecule has 2 heterocycles. The SMILES string of the molecule is CC(CNC(=O)c1n[nH]c2ccccc12)N1CCCCC1. The van der Waals surface area contributed by atoms with Crippen molar-refractivity contribution >= 4 is 16.8 Å². The first-order valence-corrected chi connectivity index (χ1v) is 7.71. The van der Waals surface area contributed by atoms with Crippen molar-refractivity contribution in [3.8, 4) is 0 Å². The van der Waals surface area contributed by atoms with E-state index < -0.39 is 0 Å². The van der Waals surface area contributed by atoms with E-state index in [1.165, 1.54) is 19.3 Å². The van der Waals surface area contributed by atoms with Crippen LogP contribution in [-0.2, 0) is 0 Å². The number of likely N-dealkylation sites (tertiary alicyclic amines) is 1. The minimum Gasteiger partial charge on any atom is -0.349 e. The third-order valence-electron chi connectivity index (χ3n) is 4.26. The largest absolute Gasteiger partial charge is 0.349 e. The molecule has 1 aromatic heterocycles. The van der Waals surface area contributed by atoms with Gasteiger partial charge in [-0.1, -0.05) is 24.6 Å². The van der Waals surface area contributed by atoms with Crippen LogP contribution in [0.3, 0.4) is 0 Å². The normalized spacial score (nSPS) is 17.8. The Hall–Kier alpha value is -1.88. The number of aromatic amines is 1. The second kappa shape index (κ2) is 6.26. The summed E-state index contributed by atoms with van der Waals surface area (Å²) in [6.07, 6.45) is 3.86. The molecule has 1 fully saturated rings. The van der Waals surface area contributed by atoms with Gasteiger partial charge in [-0.25, -0.2) is 0 Å². The van der Waals surface area contributed by atoms with Crippen molar-refractivity contribution in [2.75, 3.05) is 19.6 Å². The van der Waals surface area contributed by atoms with Crippen LogP contribution in [0.4, 0.5) is 0 Å². The first kappa shape index (κ1) is 14.1. The maximum absolute atomic E-state index is 12.3. The van der Waals surface area contributed by atoms with Crippen LogP contribution in [-0.4, -0.2) is 46.7 Å². The highest BCUT2D eigenvalue weighted by atomic mass is 16.1. The topological polar surface area (TPSA) is 61.0 Å². The van der Waals surface area contributed by atoms with Crippen molar-refractivity contribution in [3.05, 3.63) is 30.0 Å². The van der Waals surface area contributed by atoms with Gasteiger partial charge < -0.3 is 5.32 Å². The Morgan fingerprint density at radius 2 is 2.10 bits per heavy atom. The van der Waals surface area contributed by atoms with E-state index in [2.05, 4.69) is 27.3 Å². The van der Waals surface area contributed by atoms with Crippen LogP contribution in [0.5, 0.6) is 0 Å². The van der Waals surface area contributed by atoms with Crippen LogP contribution in [0.2, 0.25) is 0 Å². The molecule has 1 aliphatic rings. The Morgan fingerprint density at radius 3 is 2.90 bits per heavy atom. The maximum Gasteiger partial charge on any atom is 0.272 e. The Labute approximate surface area is 124 Å². The third-order valence-corrected chi connectivity index (χ3v) is 4.26. The summed E-state index contributed by atoms with van der Waals surface area (Å²) in [4.78, 5) is 14.7. The fraction of sp³-hybridized carbons (Fsp3) is 0.500. The summed E-state index contributed by atoms with van der Waals surface area (Å²) < 4.78 is 0. The number of nitrogens with one attached hydrogen (secondary N) is 2. The number of carbonyl (C=O) groups is 1. The molecule has 1 aliphatic heterocycles. The van der Waals surface area contributed by atoms with Gasteiger partial charge in [0.2, 0.25) is 0 Å². The smallest absolute Gasteiger partial charge is 0.272 e. The van der Waals surface area contributed by atoms with E-state index in [-0.39, 0.29) is 5.91 Å². The molecule has 0 aliphatic carbocycles. The van der Waals surface area contributed by atoms with E-state index in [0.29, 0.717) is 18.3 Å². The number of rotatable bonds is 4. The predicted octanol–water partition coefficient (Wildman–Crippen LogP) is 2.17. The van der Waals surface area contributed by atoms with Gasteiger partial charge in [-0.15, -0.1) is 0 Å². The number of piperidine rings is 1. The molecule has 1 saturated heterocycles. The quantitative estimate of drug-likeness (QED) is 0.905. The minimum atomic E-state index is -0.101. The predicted molar refractivity (Wildman–Crippen MR) is 83.3 cm³/mol. The summed E-state index contributed by atoms with van der Waals surface area (Å²) in [7, 11) is 0. The first-order valence-electron chi connectivity index (χ1n) is 7.71. The maximum atomic E-state index is 12.3. The standard InChI is InChI=1S/C16H22N4O/c1-12(20-9-5-2-6-10-20)11-17-16(21)15-13-7-3-4-8-14(13)18-19-15/h3-4,7-8,12H,2,5-6,9-11H2,1H3,(H,17,21)(H,18,19). The molecule has 5 heteroatoms. The average molecular weight is 286 g/mol. The van der Waals surface area contributed by atoms with Crippen LogP contribution in [0, 0.1) is 0 Å². The number of carbonyl (C=O) groups excluding carboxylic acids is 1. The molecule has 0 saturated carbocycles. The number of H-pyrrole nitrogens is 1. The van der Waals surface area contributed by atoms with Gasteiger partial charge in [0, 0.05) is 18.0 Å². The molecule has 2 N–H and O–H groups in total. The molecular weight excluding hydrogens is 264 g/mol. The van der Waals surface area contributed by atoms with E-state index in [1.807, 2.05) is 24.3 Å². The molecule has 1 unspecified atom stereocenters. The van der Waals surface area contributed by atoms with Gasteiger partial charge in [0.25, 0.3) is 5.91 Å². The Balaban J connectivity index is 1.61. The Bertz CT molecular complexity index is 616.